The molecule has 130 valence electrons. The highest BCUT2D eigenvalue weighted by Crippen LogP contribution is 2.28. The zero-order valence-corrected chi connectivity index (χ0v) is 15.3. The quantitative estimate of drug-likeness (QED) is 0.716. The second-order valence-electron chi connectivity index (χ2n) is 6.35. The van der Waals surface area contributed by atoms with Crippen molar-refractivity contribution in [1.82, 2.24) is 14.5 Å². The molecular formula is C19H21N3O2S. The van der Waals surface area contributed by atoms with Gasteiger partial charge in [0.1, 0.15) is 5.75 Å². The molecule has 0 radical (unpaired) electrons. The summed E-state index contributed by atoms with van der Waals surface area (Å²) in [5, 5.41) is 6.50. The van der Waals surface area contributed by atoms with Gasteiger partial charge in [-0.15, -0.1) is 5.10 Å². The molecule has 1 fully saturated rings. The van der Waals surface area contributed by atoms with Gasteiger partial charge >= 0.3 is 0 Å². The standard InChI is InChI=1S/C19H21N3O2S/c1-13-19(25-21-20-13)12-22-7-8-24-18(11-22)16-4-3-15-10-17(23-2)6-5-14(15)9-16/h3-6,9-10,18H,7-8,11-12H2,1-2H3/t18-/m1/s1. The first-order valence-corrected chi connectivity index (χ1v) is 9.20. The summed E-state index contributed by atoms with van der Waals surface area (Å²) < 4.78 is 15.4. The third-order valence-corrected chi connectivity index (χ3v) is 5.51. The molecule has 0 aliphatic carbocycles. The van der Waals surface area contributed by atoms with Crippen LogP contribution < -0.4 is 4.74 Å². The van der Waals surface area contributed by atoms with Gasteiger partial charge in [0.25, 0.3) is 0 Å². The van der Waals surface area contributed by atoms with Crippen LogP contribution in [0.4, 0.5) is 0 Å². The molecule has 0 amide bonds. The first-order chi connectivity index (χ1) is 12.2. The summed E-state index contributed by atoms with van der Waals surface area (Å²) in [5.74, 6) is 0.883. The van der Waals surface area contributed by atoms with Gasteiger partial charge in [0, 0.05) is 19.6 Å². The molecule has 25 heavy (non-hydrogen) atoms. The van der Waals surface area contributed by atoms with Gasteiger partial charge in [-0.3, -0.25) is 4.90 Å². The van der Waals surface area contributed by atoms with Crippen molar-refractivity contribution in [3.63, 3.8) is 0 Å². The van der Waals surface area contributed by atoms with Crippen LogP contribution in [0.25, 0.3) is 10.8 Å². The molecule has 0 spiro atoms. The normalized spacial score (nSPS) is 18.6. The van der Waals surface area contributed by atoms with Crippen LogP contribution in [-0.4, -0.2) is 41.3 Å². The van der Waals surface area contributed by atoms with Crippen LogP contribution in [0.1, 0.15) is 22.2 Å². The molecule has 1 aliphatic heterocycles. The molecule has 2 aromatic carbocycles. The summed E-state index contributed by atoms with van der Waals surface area (Å²) in [6.07, 6.45) is 0.0986. The molecule has 1 atom stereocenters. The summed E-state index contributed by atoms with van der Waals surface area (Å²) in [6.45, 7) is 5.50. The van der Waals surface area contributed by atoms with Crippen LogP contribution in [-0.2, 0) is 11.3 Å². The van der Waals surface area contributed by atoms with E-state index >= 15 is 0 Å². The topological polar surface area (TPSA) is 47.5 Å². The number of nitrogens with zero attached hydrogens (tertiary/aromatic N) is 3. The summed E-state index contributed by atoms with van der Waals surface area (Å²) in [7, 11) is 1.69. The molecule has 6 heteroatoms. The average Bonchev–Trinajstić information content (AvgIpc) is 3.05. The van der Waals surface area contributed by atoms with Crippen molar-refractivity contribution in [2.45, 2.75) is 19.6 Å². The number of benzene rings is 2. The van der Waals surface area contributed by atoms with E-state index in [0.29, 0.717) is 0 Å². The summed E-state index contributed by atoms with van der Waals surface area (Å²) in [4.78, 5) is 3.67. The Hall–Kier alpha value is -2.02. The number of rotatable bonds is 4. The van der Waals surface area contributed by atoms with Crippen molar-refractivity contribution in [2.75, 3.05) is 26.8 Å². The van der Waals surface area contributed by atoms with Crippen molar-refractivity contribution >= 4 is 22.3 Å². The molecular weight excluding hydrogens is 334 g/mol. The number of ether oxygens (including phenoxy) is 2. The van der Waals surface area contributed by atoms with E-state index in [1.807, 2.05) is 13.0 Å². The fourth-order valence-corrected chi connectivity index (χ4v) is 3.89. The number of methoxy groups -OCH3 is 1. The van der Waals surface area contributed by atoms with Gasteiger partial charge < -0.3 is 9.47 Å². The zero-order chi connectivity index (χ0) is 17.2. The van der Waals surface area contributed by atoms with Gasteiger partial charge in [0.15, 0.2) is 0 Å². The van der Waals surface area contributed by atoms with Crippen LogP contribution in [0.5, 0.6) is 5.75 Å². The van der Waals surface area contributed by atoms with Crippen molar-refractivity contribution in [2.24, 2.45) is 0 Å². The van der Waals surface area contributed by atoms with Crippen LogP contribution in [0.15, 0.2) is 36.4 Å². The number of aryl methyl sites for hydroxylation is 1. The highest BCUT2D eigenvalue weighted by molar-refractivity contribution is 7.05. The van der Waals surface area contributed by atoms with E-state index in [1.165, 1.54) is 32.7 Å². The SMILES string of the molecule is COc1ccc2cc([C@H]3CN(Cc4snnc4C)CCO3)ccc2c1. The minimum Gasteiger partial charge on any atom is -0.497 e. The lowest BCUT2D eigenvalue weighted by molar-refractivity contribution is -0.0326. The fraction of sp³-hybridized carbons (Fsp3) is 0.368. The third-order valence-electron chi connectivity index (χ3n) is 4.71. The van der Waals surface area contributed by atoms with Crippen LogP contribution in [0.2, 0.25) is 0 Å². The second kappa shape index (κ2) is 7.07. The Morgan fingerprint density at radius 1 is 1.24 bits per heavy atom. The van der Waals surface area contributed by atoms with Gasteiger partial charge in [-0.1, -0.05) is 22.7 Å². The predicted octanol–water partition coefficient (Wildman–Crippen LogP) is 3.58. The summed E-state index contributed by atoms with van der Waals surface area (Å²) in [5.41, 5.74) is 2.26. The Kier molecular flexibility index (Phi) is 4.65. The first kappa shape index (κ1) is 16.4. The predicted molar refractivity (Wildman–Crippen MR) is 99.1 cm³/mol. The Bertz CT molecular complexity index is 880. The minimum atomic E-state index is 0.0986. The average molecular weight is 355 g/mol. The molecule has 0 bridgehead atoms. The van der Waals surface area contributed by atoms with Gasteiger partial charge in [-0.25, -0.2) is 0 Å². The van der Waals surface area contributed by atoms with E-state index < -0.39 is 0 Å². The maximum absolute atomic E-state index is 6.04. The lowest BCUT2D eigenvalue weighted by Gasteiger charge is -2.33. The number of hydrogen-bond donors (Lipinski definition) is 0. The van der Waals surface area contributed by atoms with Crippen molar-refractivity contribution in [3.05, 3.63) is 52.5 Å². The maximum atomic E-state index is 6.04. The Balaban J connectivity index is 1.52. The van der Waals surface area contributed by atoms with Gasteiger partial charge in [0.05, 0.1) is 30.4 Å². The Morgan fingerprint density at radius 3 is 2.88 bits per heavy atom. The lowest BCUT2D eigenvalue weighted by Crippen LogP contribution is -2.37. The van der Waals surface area contributed by atoms with Crippen LogP contribution in [0, 0.1) is 6.92 Å². The molecule has 2 heterocycles. The number of hydrogen-bond acceptors (Lipinski definition) is 6. The number of fused-ring (bicyclic) bond motifs is 1. The minimum absolute atomic E-state index is 0.0986. The van der Waals surface area contributed by atoms with E-state index in [0.717, 1.165) is 37.7 Å². The van der Waals surface area contributed by atoms with Crippen molar-refractivity contribution < 1.29 is 9.47 Å². The van der Waals surface area contributed by atoms with E-state index in [1.54, 1.807) is 7.11 Å². The molecule has 5 nitrogen and oxygen atoms in total. The second-order valence-corrected chi connectivity index (χ2v) is 7.19. The monoisotopic (exact) mass is 355 g/mol. The molecule has 4 rings (SSSR count). The molecule has 3 aromatic rings. The fourth-order valence-electron chi connectivity index (χ4n) is 3.22. The van der Waals surface area contributed by atoms with Gasteiger partial charge in [0.2, 0.25) is 0 Å². The zero-order valence-electron chi connectivity index (χ0n) is 14.4. The maximum Gasteiger partial charge on any atom is 0.119 e. The first-order valence-electron chi connectivity index (χ1n) is 8.42. The Morgan fingerprint density at radius 2 is 2.08 bits per heavy atom. The van der Waals surface area contributed by atoms with E-state index in [-0.39, 0.29) is 6.10 Å². The molecule has 1 saturated heterocycles. The molecule has 0 N–H and O–H groups in total. The Labute approximate surface area is 151 Å². The van der Waals surface area contributed by atoms with Crippen molar-refractivity contribution in [1.29, 1.82) is 0 Å². The van der Waals surface area contributed by atoms with E-state index in [9.17, 15) is 0 Å². The molecule has 0 unspecified atom stereocenters. The molecule has 1 aliphatic rings. The number of aromatic nitrogens is 2. The van der Waals surface area contributed by atoms with Crippen LogP contribution in [0.3, 0.4) is 0 Å². The van der Waals surface area contributed by atoms with Crippen molar-refractivity contribution in [3.8, 4) is 5.75 Å². The van der Waals surface area contributed by atoms with Gasteiger partial charge in [-0.2, -0.15) is 0 Å². The van der Waals surface area contributed by atoms with Crippen LogP contribution >= 0.6 is 11.5 Å². The smallest absolute Gasteiger partial charge is 0.119 e. The largest absolute Gasteiger partial charge is 0.497 e. The lowest BCUT2D eigenvalue weighted by atomic mass is 10.0. The third kappa shape index (κ3) is 3.51. The van der Waals surface area contributed by atoms with Gasteiger partial charge in [-0.05, 0) is 53.0 Å². The summed E-state index contributed by atoms with van der Waals surface area (Å²) >= 11 is 1.49. The molecule has 0 saturated carbocycles. The highest BCUT2D eigenvalue weighted by Gasteiger charge is 2.23. The van der Waals surface area contributed by atoms with E-state index in [2.05, 4.69) is 44.8 Å². The number of morpholine rings is 1. The van der Waals surface area contributed by atoms with E-state index in [4.69, 9.17) is 9.47 Å². The highest BCUT2D eigenvalue weighted by atomic mass is 32.1. The summed E-state index contributed by atoms with van der Waals surface area (Å²) in [6, 6.07) is 12.7. The molecule has 1 aromatic heterocycles.